The number of rotatable bonds is 13. The van der Waals surface area contributed by atoms with E-state index in [0.29, 0.717) is 65.2 Å². The van der Waals surface area contributed by atoms with Crippen LogP contribution in [0, 0.1) is 12.8 Å². The Morgan fingerprint density at radius 3 is 2.59 bits per heavy atom. The van der Waals surface area contributed by atoms with Crippen LogP contribution in [0.5, 0.6) is 0 Å². The first-order valence-electron chi connectivity index (χ1n) is 10.8. The van der Waals surface area contributed by atoms with Gasteiger partial charge in [-0.2, -0.15) is 0 Å². The van der Waals surface area contributed by atoms with Gasteiger partial charge in [0, 0.05) is 26.8 Å². The Bertz CT molecular complexity index is 940. The number of hydrogen-bond acceptors (Lipinski definition) is 9. The lowest BCUT2D eigenvalue weighted by atomic mass is 10.2. The minimum atomic E-state index is -0.678. The molecule has 2 aromatic rings. The average molecular weight is 470 g/mol. The molecule has 0 aromatic carbocycles. The summed E-state index contributed by atoms with van der Waals surface area (Å²) in [7, 11) is 1.61. The van der Waals surface area contributed by atoms with E-state index in [1.165, 1.54) is 0 Å². The van der Waals surface area contributed by atoms with Crippen molar-refractivity contribution in [3.8, 4) is 0 Å². The summed E-state index contributed by atoms with van der Waals surface area (Å²) in [5.41, 5.74) is 0.278. The topological polar surface area (TPSA) is 114 Å². The summed E-state index contributed by atoms with van der Waals surface area (Å²) in [6.45, 7) is 11.9. The molecule has 0 saturated heterocycles. The van der Waals surface area contributed by atoms with Gasteiger partial charge in [-0.05, 0) is 32.3 Å². The number of ether oxygens (including phenoxy) is 3. The molecule has 180 valence electrons. The highest BCUT2D eigenvalue weighted by Gasteiger charge is 2.22. The van der Waals surface area contributed by atoms with Crippen molar-refractivity contribution in [1.82, 2.24) is 14.9 Å². The van der Waals surface area contributed by atoms with Crippen LogP contribution in [-0.4, -0.2) is 78.2 Å². The number of aromatic nitrogens is 2. The zero-order valence-corrected chi connectivity index (χ0v) is 20.6. The Hall–Kier alpha value is -1.85. The number of nitrogens with one attached hydrogen (secondary N) is 1. The molecule has 10 heteroatoms. The number of aliphatic hydroxyl groups excluding tert-OH is 1. The molecule has 0 unspecified atom stereocenters. The van der Waals surface area contributed by atoms with E-state index in [4.69, 9.17) is 14.2 Å². The summed E-state index contributed by atoms with van der Waals surface area (Å²) in [6, 6.07) is 0. The summed E-state index contributed by atoms with van der Waals surface area (Å²) < 4.78 is 16.0. The quantitative estimate of drug-likeness (QED) is 0.430. The van der Waals surface area contributed by atoms with Crippen LogP contribution in [0.15, 0.2) is 4.79 Å². The summed E-state index contributed by atoms with van der Waals surface area (Å²) in [5, 5.41) is 10.8. The fourth-order valence-electron chi connectivity index (χ4n) is 3.18. The van der Waals surface area contributed by atoms with E-state index in [1.807, 2.05) is 4.90 Å². The number of esters is 1. The zero-order valence-electron chi connectivity index (χ0n) is 19.8. The molecule has 0 fully saturated rings. The van der Waals surface area contributed by atoms with Gasteiger partial charge in [0.25, 0.3) is 5.56 Å². The van der Waals surface area contributed by atoms with Crippen LogP contribution >= 0.6 is 11.3 Å². The summed E-state index contributed by atoms with van der Waals surface area (Å²) in [6.07, 6.45) is -0.929. The van der Waals surface area contributed by atoms with Gasteiger partial charge in [-0.15, -0.1) is 11.3 Å². The van der Waals surface area contributed by atoms with E-state index in [1.54, 1.807) is 27.9 Å². The standard InChI is InChI=1S/C22H35N3O6S/c1-13(2)11-30-12-16(26)9-25(7-8-29-6)10-17-23-20(27)18-15(5)19(32-21(18)24-17)22(28)31-14(3)4/h13-14,16,26H,7-12H2,1-6H3,(H,23,24,27)/t16-/m0/s1. The van der Waals surface area contributed by atoms with Crippen LogP contribution in [-0.2, 0) is 20.8 Å². The molecule has 0 spiro atoms. The molecule has 0 amide bonds. The molecule has 2 aromatic heterocycles. The molecule has 0 aliphatic heterocycles. The van der Waals surface area contributed by atoms with Gasteiger partial charge in [0.05, 0.1) is 37.4 Å². The number of H-pyrrole nitrogens is 1. The molecule has 0 aliphatic carbocycles. The van der Waals surface area contributed by atoms with E-state index in [9.17, 15) is 14.7 Å². The first kappa shape index (κ1) is 26.4. The van der Waals surface area contributed by atoms with E-state index in [2.05, 4.69) is 23.8 Å². The van der Waals surface area contributed by atoms with Crippen molar-refractivity contribution in [3.63, 3.8) is 0 Å². The maximum absolute atomic E-state index is 12.7. The zero-order chi connectivity index (χ0) is 23.8. The fraction of sp³-hybridized carbons (Fsp3) is 0.682. The number of methoxy groups -OCH3 is 1. The summed E-state index contributed by atoms with van der Waals surface area (Å²) in [4.78, 5) is 35.3. The van der Waals surface area contributed by atoms with Crippen LogP contribution < -0.4 is 5.56 Å². The molecule has 2 N–H and O–H groups in total. The van der Waals surface area contributed by atoms with Gasteiger partial charge in [0.2, 0.25) is 0 Å². The number of fused-ring (bicyclic) bond motifs is 1. The third kappa shape index (κ3) is 7.63. The number of thiophene rings is 1. The van der Waals surface area contributed by atoms with E-state index < -0.39 is 12.1 Å². The van der Waals surface area contributed by atoms with Crippen LogP contribution in [0.1, 0.15) is 48.8 Å². The van der Waals surface area contributed by atoms with Crippen molar-refractivity contribution in [2.75, 3.05) is 40.0 Å². The van der Waals surface area contributed by atoms with E-state index in [-0.39, 0.29) is 18.3 Å². The third-order valence-electron chi connectivity index (χ3n) is 4.59. The normalized spacial score (nSPS) is 12.9. The molecule has 0 saturated carbocycles. The summed E-state index contributed by atoms with van der Waals surface area (Å²) >= 11 is 1.16. The Kier molecular flexibility index (Phi) is 10.2. The van der Waals surface area contributed by atoms with Crippen molar-refractivity contribution in [2.24, 2.45) is 5.92 Å². The van der Waals surface area contributed by atoms with Crippen LogP contribution in [0.4, 0.5) is 0 Å². The smallest absolute Gasteiger partial charge is 0.348 e. The second kappa shape index (κ2) is 12.4. The number of aryl methyl sites for hydroxylation is 1. The maximum atomic E-state index is 12.7. The van der Waals surface area contributed by atoms with Crippen molar-refractivity contribution >= 4 is 27.5 Å². The second-order valence-corrected chi connectivity index (χ2v) is 9.52. The highest BCUT2D eigenvalue weighted by Crippen LogP contribution is 2.28. The molecule has 0 bridgehead atoms. The van der Waals surface area contributed by atoms with Crippen LogP contribution in [0.25, 0.3) is 10.2 Å². The number of aliphatic hydroxyl groups is 1. The maximum Gasteiger partial charge on any atom is 0.348 e. The van der Waals surface area contributed by atoms with Crippen molar-refractivity contribution in [2.45, 2.75) is 53.4 Å². The van der Waals surface area contributed by atoms with Crippen LogP contribution in [0.3, 0.4) is 0 Å². The van der Waals surface area contributed by atoms with Gasteiger partial charge in [-0.1, -0.05) is 13.8 Å². The first-order valence-corrected chi connectivity index (χ1v) is 11.6. The molecule has 9 nitrogen and oxygen atoms in total. The van der Waals surface area contributed by atoms with Crippen molar-refractivity contribution < 1.29 is 24.1 Å². The average Bonchev–Trinajstić information content (AvgIpc) is 3.02. The lowest BCUT2D eigenvalue weighted by molar-refractivity contribution is 0.00295. The molecule has 1 atom stereocenters. The molecule has 0 radical (unpaired) electrons. The number of carbonyl (C=O) groups is 1. The monoisotopic (exact) mass is 469 g/mol. The Morgan fingerprint density at radius 2 is 1.97 bits per heavy atom. The van der Waals surface area contributed by atoms with Gasteiger partial charge in [0.1, 0.15) is 15.5 Å². The highest BCUT2D eigenvalue weighted by molar-refractivity contribution is 7.20. The number of hydrogen-bond donors (Lipinski definition) is 2. The predicted octanol–water partition coefficient (Wildman–Crippen LogP) is 2.34. The van der Waals surface area contributed by atoms with E-state index in [0.717, 1.165) is 11.3 Å². The number of carbonyl (C=O) groups excluding carboxylic acids is 1. The lowest BCUT2D eigenvalue weighted by Crippen LogP contribution is -2.37. The third-order valence-corrected chi connectivity index (χ3v) is 5.76. The molecule has 32 heavy (non-hydrogen) atoms. The minimum Gasteiger partial charge on any atom is -0.459 e. The predicted molar refractivity (Wildman–Crippen MR) is 124 cm³/mol. The first-order chi connectivity index (χ1) is 15.1. The molecule has 0 aliphatic rings. The van der Waals surface area contributed by atoms with Crippen molar-refractivity contribution in [1.29, 1.82) is 0 Å². The molecular weight excluding hydrogens is 434 g/mol. The Labute approximate surface area is 192 Å². The minimum absolute atomic E-state index is 0.232. The molecular formula is C22H35N3O6S. The number of aromatic amines is 1. The van der Waals surface area contributed by atoms with Gasteiger partial charge < -0.3 is 24.3 Å². The summed E-state index contributed by atoms with van der Waals surface area (Å²) in [5.74, 6) is 0.399. The lowest BCUT2D eigenvalue weighted by Gasteiger charge is -2.24. The van der Waals surface area contributed by atoms with Crippen LogP contribution in [0.2, 0.25) is 0 Å². The van der Waals surface area contributed by atoms with Gasteiger partial charge in [-0.3, -0.25) is 9.69 Å². The van der Waals surface area contributed by atoms with Gasteiger partial charge >= 0.3 is 5.97 Å². The number of nitrogens with zero attached hydrogens (tertiary/aromatic N) is 2. The second-order valence-electron chi connectivity index (χ2n) is 8.52. The van der Waals surface area contributed by atoms with Gasteiger partial charge in [0.15, 0.2) is 0 Å². The van der Waals surface area contributed by atoms with Crippen molar-refractivity contribution in [3.05, 3.63) is 26.6 Å². The Morgan fingerprint density at radius 1 is 1.25 bits per heavy atom. The molecule has 2 rings (SSSR count). The Balaban J connectivity index is 2.20. The SMILES string of the molecule is COCCN(Cc1nc2sc(C(=O)OC(C)C)c(C)c2c(=O)[nH]1)C[C@H](O)COCC(C)C. The molecule has 2 heterocycles. The highest BCUT2D eigenvalue weighted by atomic mass is 32.1. The van der Waals surface area contributed by atoms with Gasteiger partial charge in [-0.25, -0.2) is 9.78 Å². The fourth-order valence-corrected chi connectivity index (χ4v) is 4.27. The largest absolute Gasteiger partial charge is 0.459 e. The van der Waals surface area contributed by atoms with E-state index >= 15 is 0 Å².